The third kappa shape index (κ3) is 3.76. The van der Waals surface area contributed by atoms with E-state index in [9.17, 15) is 4.79 Å². The highest BCUT2D eigenvalue weighted by atomic mass is 16.5. The van der Waals surface area contributed by atoms with Crippen molar-refractivity contribution in [1.29, 1.82) is 0 Å². The summed E-state index contributed by atoms with van der Waals surface area (Å²) in [4.78, 5) is 11.5. The van der Waals surface area contributed by atoms with Crippen LogP contribution < -0.4 is 14.2 Å². The van der Waals surface area contributed by atoms with E-state index in [4.69, 9.17) is 23.4 Å². The highest BCUT2D eigenvalue weighted by molar-refractivity contribution is 5.71. The van der Waals surface area contributed by atoms with E-state index in [1.165, 1.54) is 21.3 Å². The summed E-state index contributed by atoms with van der Waals surface area (Å²) in [5, 5.41) is 7.83. The lowest BCUT2D eigenvalue weighted by Gasteiger charge is -2.12. The molecule has 0 fully saturated rings. The van der Waals surface area contributed by atoms with Crippen LogP contribution in [0, 0.1) is 5.92 Å². The highest BCUT2D eigenvalue weighted by Crippen LogP contribution is 2.40. The summed E-state index contributed by atoms with van der Waals surface area (Å²) in [5.41, 5.74) is 0.596. The molecule has 0 aliphatic carbocycles. The Morgan fingerprint density at radius 2 is 1.71 bits per heavy atom. The van der Waals surface area contributed by atoms with Gasteiger partial charge in [-0.15, -0.1) is 10.2 Å². The van der Waals surface area contributed by atoms with Crippen LogP contribution in [0.3, 0.4) is 0 Å². The molecule has 1 heterocycles. The Kier molecular flexibility index (Phi) is 5.62. The topological polar surface area (TPSA) is 92.9 Å². The molecule has 8 nitrogen and oxygen atoms in total. The number of hydrogen-bond donors (Lipinski definition) is 0. The fourth-order valence-corrected chi connectivity index (χ4v) is 1.93. The zero-order valence-corrected chi connectivity index (χ0v) is 14.3. The largest absolute Gasteiger partial charge is 0.493 e. The van der Waals surface area contributed by atoms with Crippen LogP contribution in [0.25, 0.3) is 11.5 Å². The molecule has 130 valence electrons. The molecule has 0 N–H and O–H groups in total. The maximum absolute atomic E-state index is 11.5. The molecular formula is C16H20N2O6. The molecule has 0 saturated heterocycles. The monoisotopic (exact) mass is 336 g/mol. The van der Waals surface area contributed by atoms with Crippen LogP contribution >= 0.6 is 0 Å². The van der Waals surface area contributed by atoms with Gasteiger partial charge in [-0.2, -0.15) is 0 Å². The lowest BCUT2D eigenvalue weighted by atomic mass is 10.2. The molecule has 0 saturated carbocycles. The molecule has 1 aromatic carbocycles. The third-order valence-corrected chi connectivity index (χ3v) is 3.19. The van der Waals surface area contributed by atoms with Gasteiger partial charge in [0.05, 0.1) is 27.2 Å². The number of aromatic nitrogens is 2. The number of hydrogen-bond acceptors (Lipinski definition) is 8. The summed E-state index contributed by atoms with van der Waals surface area (Å²) in [5.74, 6) is 1.31. The summed E-state index contributed by atoms with van der Waals surface area (Å²) in [6.45, 7) is 3.42. The molecule has 1 aromatic heterocycles. The molecule has 0 bridgehead atoms. The summed E-state index contributed by atoms with van der Waals surface area (Å²) in [6, 6.07) is 3.39. The molecule has 24 heavy (non-hydrogen) atoms. The number of ether oxygens (including phenoxy) is 4. The van der Waals surface area contributed by atoms with E-state index in [1.54, 1.807) is 26.0 Å². The Hall–Kier alpha value is -2.77. The minimum atomic E-state index is -0.331. The molecule has 0 aliphatic heterocycles. The van der Waals surface area contributed by atoms with Crippen molar-refractivity contribution in [2.24, 2.45) is 5.92 Å². The van der Waals surface area contributed by atoms with E-state index < -0.39 is 0 Å². The van der Waals surface area contributed by atoms with Gasteiger partial charge in [-0.1, -0.05) is 13.8 Å². The predicted octanol–water partition coefficient (Wildman–Crippen LogP) is 2.46. The van der Waals surface area contributed by atoms with Gasteiger partial charge in [0.25, 0.3) is 5.89 Å². The molecule has 0 aliphatic rings. The van der Waals surface area contributed by atoms with Gasteiger partial charge >= 0.3 is 5.97 Å². The van der Waals surface area contributed by atoms with Gasteiger partial charge in [0.2, 0.25) is 11.6 Å². The fraction of sp³-hybridized carbons (Fsp3) is 0.438. The minimum absolute atomic E-state index is 0.0750. The molecule has 0 radical (unpaired) electrons. The summed E-state index contributed by atoms with van der Waals surface area (Å²) in [7, 11) is 4.56. The van der Waals surface area contributed by atoms with Crippen molar-refractivity contribution >= 4 is 5.97 Å². The first-order valence-corrected chi connectivity index (χ1v) is 7.29. The predicted molar refractivity (Wildman–Crippen MR) is 84.0 cm³/mol. The lowest BCUT2D eigenvalue weighted by molar-refractivity contribution is -0.149. The van der Waals surface area contributed by atoms with E-state index in [0.29, 0.717) is 22.8 Å². The Balaban J connectivity index is 2.25. The van der Waals surface area contributed by atoms with Crippen LogP contribution in [-0.2, 0) is 16.1 Å². The molecular weight excluding hydrogens is 316 g/mol. The van der Waals surface area contributed by atoms with Crippen LogP contribution in [0.1, 0.15) is 19.7 Å². The van der Waals surface area contributed by atoms with Gasteiger partial charge < -0.3 is 23.4 Å². The maximum Gasteiger partial charge on any atom is 0.308 e. The highest BCUT2D eigenvalue weighted by Gasteiger charge is 2.18. The lowest BCUT2D eigenvalue weighted by Crippen LogP contribution is -2.11. The smallest absolute Gasteiger partial charge is 0.308 e. The zero-order chi connectivity index (χ0) is 17.7. The summed E-state index contributed by atoms with van der Waals surface area (Å²) < 4.78 is 26.4. The molecule has 2 rings (SSSR count). The first-order chi connectivity index (χ1) is 11.5. The van der Waals surface area contributed by atoms with Crippen molar-refractivity contribution in [1.82, 2.24) is 10.2 Å². The van der Waals surface area contributed by atoms with E-state index in [2.05, 4.69) is 10.2 Å². The number of benzene rings is 1. The van der Waals surface area contributed by atoms with Crippen LogP contribution in [0.5, 0.6) is 17.2 Å². The van der Waals surface area contributed by atoms with Gasteiger partial charge in [-0.05, 0) is 12.1 Å². The van der Waals surface area contributed by atoms with Gasteiger partial charge in [0, 0.05) is 5.56 Å². The zero-order valence-electron chi connectivity index (χ0n) is 14.3. The second kappa shape index (κ2) is 7.67. The van der Waals surface area contributed by atoms with Gasteiger partial charge in [-0.25, -0.2) is 0 Å². The third-order valence-electron chi connectivity index (χ3n) is 3.19. The van der Waals surface area contributed by atoms with Gasteiger partial charge in [0.1, 0.15) is 0 Å². The van der Waals surface area contributed by atoms with E-state index in [0.717, 1.165) is 0 Å². The van der Waals surface area contributed by atoms with Crippen molar-refractivity contribution < 1.29 is 28.2 Å². The van der Waals surface area contributed by atoms with Crippen LogP contribution in [0.2, 0.25) is 0 Å². The second-order valence-corrected chi connectivity index (χ2v) is 5.18. The van der Waals surface area contributed by atoms with Crippen LogP contribution in [0.4, 0.5) is 0 Å². The molecule has 8 heteroatoms. The van der Waals surface area contributed by atoms with Crippen molar-refractivity contribution in [3.63, 3.8) is 0 Å². The molecule has 0 atom stereocenters. The van der Waals surface area contributed by atoms with Crippen LogP contribution in [-0.4, -0.2) is 37.5 Å². The quantitative estimate of drug-likeness (QED) is 0.712. The van der Waals surface area contributed by atoms with Gasteiger partial charge in [0.15, 0.2) is 18.1 Å². The first-order valence-electron chi connectivity index (χ1n) is 7.29. The first kappa shape index (κ1) is 17.6. The number of methoxy groups -OCH3 is 3. The van der Waals surface area contributed by atoms with Crippen LogP contribution in [0.15, 0.2) is 16.5 Å². The van der Waals surface area contributed by atoms with Gasteiger partial charge in [-0.3, -0.25) is 4.79 Å². The Labute approximate surface area is 139 Å². The van der Waals surface area contributed by atoms with E-state index in [1.807, 2.05) is 0 Å². The summed E-state index contributed by atoms with van der Waals surface area (Å²) >= 11 is 0. The second-order valence-electron chi connectivity index (χ2n) is 5.18. The number of carbonyl (C=O) groups excluding carboxylic acids is 1. The van der Waals surface area contributed by atoms with Crippen molar-refractivity contribution in [3.05, 3.63) is 18.0 Å². The fourth-order valence-electron chi connectivity index (χ4n) is 1.93. The number of esters is 1. The van der Waals surface area contributed by atoms with E-state index in [-0.39, 0.29) is 30.3 Å². The van der Waals surface area contributed by atoms with Crippen molar-refractivity contribution in [3.8, 4) is 28.7 Å². The number of nitrogens with zero attached hydrogens (tertiary/aromatic N) is 2. The average molecular weight is 336 g/mol. The normalized spacial score (nSPS) is 10.6. The van der Waals surface area contributed by atoms with Crippen molar-refractivity contribution in [2.75, 3.05) is 21.3 Å². The molecule has 2 aromatic rings. The molecule has 0 spiro atoms. The standard InChI is InChI=1S/C16H20N2O6/c1-9(2)16(19)23-8-13-17-18-15(24-13)10-6-11(20-3)14(22-5)12(7-10)21-4/h6-7,9H,8H2,1-5H3. The molecule has 0 amide bonds. The Morgan fingerprint density at radius 1 is 1.08 bits per heavy atom. The van der Waals surface area contributed by atoms with Crippen molar-refractivity contribution in [2.45, 2.75) is 20.5 Å². The minimum Gasteiger partial charge on any atom is -0.493 e. The average Bonchev–Trinajstić information content (AvgIpc) is 3.06. The number of carbonyl (C=O) groups is 1. The molecule has 0 unspecified atom stereocenters. The SMILES string of the molecule is COc1cc(-c2nnc(COC(=O)C(C)C)o2)cc(OC)c1OC. The van der Waals surface area contributed by atoms with E-state index >= 15 is 0 Å². The summed E-state index contributed by atoms with van der Waals surface area (Å²) in [6.07, 6.45) is 0. The number of rotatable bonds is 7. The Morgan fingerprint density at radius 3 is 2.21 bits per heavy atom. The maximum atomic E-state index is 11.5. The Bertz CT molecular complexity index is 685.